The maximum atomic E-state index is 12.4. The summed E-state index contributed by atoms with van der Waals surface area (Å²) >= 11 is 6.53. The van der Waals surface area contributed by atoms with Gasteiger partial charge in [-0.2, -0.15) is 0 Å². The zero-order chi connectivity index (χ0) is 37.4. The Bertz CT molecular complexity index is 1570. The normalized spacial score (nSPS) is 15.8. The van der Waals surface area contributed by atoms with E-state index in [1.807, 2.05) is 30.3 Å². The van der Waals surface area contributed by atoms with Gasteiger partial charge in [0.05, 0.1) is 19.6 Å². The topological polar surface area (TPSA) is 56.7 Å². The summed E-state index contributed by atoms with van der Waals surface area (Å²) in [5.74, 6) is 2.44. The van der Waals surface area contributed by atoms with Gasteiger partial charge in [-0.25, -0.2) is 9.24 Å². The number of nitrogens with zero attached hydrogens (tertiary/aromatic N) is 1. The van der Waals surface area contributed by atoms with Gasteiger partial charge in [0.15, 0.2) is 0 Å². The van der Waals surface area contributed by atoms with E-state index in [0.29, 0.717) is 21.8 Å². The van der Waals surface area contributed by atoms with Gasteiger partial charge in [0.2, 0.25) is 5.69 Å². The second-order valence-corrected chi connectivity index (χ2v) is 72.9. The molecule has 0 spiro atoms. The molecule has 3 aromatic rings. The van der Waals surface area contributed by atoms with Crippen molar-refractivity contribution in [3.63, 3.8) is 0 Å². The van der Waals surface area contributed by atoms with Crippen LogP contribution in [-0.2, 0) is 9.53 Å². The molecule has 0 saturated heterocycles. The Kier molecular flexibility index (Phi) is 28.4. The van der Waals surface area contributed by atoms with Gasteiger partial charge in [-0.15, -0.1) is 86.8 Å². The molecule has 1 fully saturated rings. The summed E-state index contributed by atoms with van der Waals surface area (Å²) in [7, 11) is 29.2. The van der Waals surface area contributed by atoms with Gasteiger partial charge in [-0.3, -0.25) is 4.79 Å². The first-order valence-electron chi connectivity index (χ1n) is 13.3. The Labute approximate surface area is 336 Å². The Hall–Kier alpha value is 3.75. The van der Waals surface area contributed by atoms with Crippen LogP contribution in [0.1, 0.15) is 23.5 Å². The molecule has 4 nitrogen and oxygen atoms in total. The van der Waals surface area contributed by atoms with Crippen LogP contribution in [0.5, 0.6) is 0 Å². The molecular weight excluding hydrogens is 1050 g/mol. The number of methoxy groups -OCH3 is 1. The zero-order valence-corrected chi connectivity index (χ0v) is 45.9. The molecule has 13 unspecified atom stereocenters. The van der Waals surface area contributed by atoms with Crippen LogP contribution in [0.2, 0.25) is 0 Å². The fourth-order valence-electron chi connectivity index (χ4n) is 3.59. The molecule has 0 amide bonds. The largest absolute Gasteiger partial charge is 0.469 e. The minimum Gasteiger partial charge on any atom is -0.469 e. The van der Waals surface area contributed by atoms with Crippen molar-refractivity contribution in [2.24, 2.45) is 5.92 Å². The summed E-state index contributed by atoms with van der Waals surface area (Å²) in [5, 5.41) is 0. The number of para-hydroxylation sites is 1. The summed E-state index contributed by atoms with van der Waals surface area (Å²) in [5.41, 5.74) is 8.44. The fourth-order valence-corrected chi connectivity index (χ4v) is 168. The SMILES string of the molecule is C#Cc1ccccc1N.COC(=O)C1CC1c1cccc(Br)c1.PP(P)P(P)P(P(P)P)P(P(P)P)P(P)P.[C-]#[N+]c1cc(F)ccc1Br. The molecule has 0 aliphatic heterocycles. The summed E-state index contributed by atoms with van der Waals surface area (Å²) in [6, 6.07) is 19.4. The number of halogens is 3. The van der Waals surface area contributed by atoms with Crippen molar-refractivity contribution < 1.29 is 13.9 Å². The van der Waals surface area contributed by atoms with Crippen LogP contribution in [0.4, 0.5) is 15.8 Å². The first kappa shape index (κ1) is 50.8. The van der Waals surface area contributed by atoms with Gasteiger partial charge in [-0.05, 0) is 103 Å². The van der Waals surface area contributed by atoms with Gasteiger partial charge in [-0.1, -0.05) is 68.1 Å². The van der Waals surface area contributed by atoms with Crippen LogP contribution in [0, 0.1) is 30.7 Å². The van der Waals surface area contributed by atoms with Crippen molar-refractivity contribution in [2.75, 3.05) is 12.8 Å². The summed E-state index contributed by atoms with van der Waals surface area (Å²) in [6.45, 7) is 7.35. The number of hydrogen-bond donors (Lipinski definition) is 1. The number of carbonyl (C=O) groups excluding carboxylic acids is 1. The van der Waals surface area contributed by atoms with Crippen LogP contribution in [0.3, 0.4) is 0 Å². The van der Waals surface area contributed by atoms with Gasteiger partial charge >= 0.3 is 5.97 Å². The lowest BCUT2D eigenvalue weighted by Crippen LogP contribution is -2.03. The maximum Gasteiger partial charge on any atom is 0.309 e. The molecule has 0 heterocycles. The highest BCUT2D eigenvalue weighted by Gasteiger charge is 2.44. The van der Waals surface area contributed by atoms with Crippen molar-refractivity contribution in [2.45, 2.75) is 12.3 Å². The van der Waals surface area contributed by atoms with Gasteiger partial charge in [0.1, 0.15) is 5.82 Å². The molecule has 1 saturated carbocycles. The molecular formula is C26H39Br2FN2O2P16. The highest BCUT2D eigenvalue weighted by molar-refractivity contribution is 9.30. The Morgan fingerprint density at radius 3 is 1.94 bits per heavy atom. The molecule has 2 N–H and O–H groups in total. The highest BCUT2D eigenvalue weighted by Crippen LogP contribution is 3.24. The zero-order valence-electron chi connectivity index (χ0n) is 26.1. The van der Waals surface area contributed by atoms with E-state index in [4.69, 9.17) is 23.5 Å². The first-order chi connectivity index (χ1) is 23.0. The van der Waals surface area contributed by atoms with Crippen LogP contribution < -0.4 is 5.73 Å². The summed E-state index contributed by atoms with van der Waals surface area (Å²) < 4.78 is 18.8. The van der Waals surface area contributed by atoms with E-state index < -0.39 is 0 Å². The number of carbonyl (C=O) groups is 1. The molecule has 266 valence electrons. The van der Waals surface area contributed by atoms with E-state index in [0.717, 1.165) is 16.5 Å². The molecule has 0 bridgehead atoms. The number of rotatable bonds is 8. The van der Waals surface area contributed by atoms with Crippen molar-refractivity contribution in [1.82, 2.24) is 0 Å². The van der Waals surface area contributed by atoms with Gasteiger partial charge in [0, 0.05) is 20.2 Å². The first-order valence-corrected chi connectivity index (χ1v) is 43.1. The Morgan fingerprint density at radius 2 is 1.51 bits per heavy atom. The van der Waals surface area contributed by atoms with E-state index in [1.54, 1.807) is 6.07 Å². The third-order valence-corrected chi connectivity index (χ3v) is 103. The lowest BCUT2D eigenvalue weighted by Gasteiger charge is -2.40. The van der Waals surface area contributed by atoms with Crippen LogP contribution in [0.15, 0.2) is 75.7 Å². The standard InChI is InChI=1S/C11H11BrO2.C8H7N.C7H3BrFN.H18P16/c1-14-11(13)10-6-9(10)7-3-2-4-8(12)5-7;1-2-7-5-3-4-6-8(7)9;1-10-7-4-5(9)2-3-6(7)8;1-10(2)14(9)16(13(7)8)15(11(3)4)12(5)6/h2-5,9-10H,6H2,1H3;1,3-6H,9H2;2-4H;1-9H2. The van der Waals surface area contributed by atoms with Crippen molar-refractivity contribution in [1.29, 1.82) is 0 Å². The highest BCUT2D eigenvalue weighted by atomic mass is 79.9. The van der Waals surface area contributed by atoms with Crippen LogP contribution in [0.25, 0.3) is 4.85 Å². The summed E-state index contributed by atoms with van der Waals surface area (Å²) in [6.07, 6.45) is 6.04. The lowest BCUT2D eigenvalue weighted by molar-refractivity contribution is -0.142. The minimum absolute atomic E-state index is 0.0635. The van der Waals surface area contributed by atoms with E-state index in [9.17, 15) is 9.18 Å². The number of hydrogen-bond acceptors (Lipinski definition) is 3. The Morgan fingerprint density at radius 1 is 0.918 bits per heavy atom. The quantitative estimate of drug-likeness (QED) is 0.0804. The average Bonchev–Trinajstić information content (AvgIpc) is 3.86. The van der Waals surface area contributed by atoms with E-state index >= 15 is 0 Å². The molecule has 13 atom stereocenters. The second-order valence-electron chi connectivity index (χ2n) is 9.34. The summed E-state index contributed by atoms with van der Waals surface area (Å²) in [4.78, 5) is 14.3. The third kappa shape index (κ3) is 19.2. The molecule has 23 heteroatoms. The van der Waals surface area contributed by atoms with Crippen molar-refractivity contribution in [3.05, 3.63) is 104 Å². The van der Waals surface area contributed by atoms with Gasteiger partial charge < -0.3 is 10.5 Å². The second kappa shape index (κ2) is 27.4. The number of ether oxygens (including phenoxy) is 1. The molecule has 0 radical (unpaired) electrons. The molecule has 0 aromatic heterocycles. The van der Waals surface area contributed by atoms with E-state index in [2.05, 4.69) is 135 Å². The number of nitrogen functional groups attached to an aromatic ring is 1. The van der Waals surface area contributed by atoms with Crippen molar-refractivity contribution >= 4 is 178 Å². The number of nitrogens with two attached hydrogens (primary N) is 1. The average molecular weight is 1090 g/mol. The predicted molar refractivity (Wildman–Crippen MR) is 272 cm³/mol. The minimum atomic E-state index is -0.380. The predicted octanol–water partition coefficient (Wildman–Crippen LogP) is 16.1. The lowest BCUT2D eigenvalue weighted by atomic mass is 10.1. The number of benzene rings is 3. The molecule has 1 aliphatic rings. The monoisotopic (exact) mass is 1080 g/mol. The maximum absolute atomic E-state index is 12.4. The van der Waals surface area contributed by atoms with Crippen LogP contribution in [-0.4, -0.2) is 13.1 Å². The molecule has 49 heavy (non-hydrogen) atoms. The van der Waals surface area contributed by atoms with Gasteiger partial charge in [0.25, 0.3) is 0 Å². The number of terminal acetylenes is 1. The van der Waals surface area contributed by atoms with Crippen molar-refractivity contribution in [3.8, 4) is 12.3 Å². The molecule has 1 aliphatic carbocycles. The van der Waals surface area contributed by atoms with Crippen LogP contribution >= 0.6 is 161 Å². The fraction of sp³-hybridized carbons (Fsp3) is 0.154. The molecule has 4 rings (SSSR count). The Balaban J connectivity index is 0.000000334. The smallest absolute Gasteiger partial charge is 0.309 e. The number of esters is 1. The van der Waals surface area contributed by atoms with E-state index in [-0.39, 0.29) is 66.6 Å². The van der Waals surface area contributed by atoms with E-state index in [1.165, 1.54) is 30.9 Å². The molecule has 3 aromatic carbocycles. The number of anilines is 1. The third-order valence-electron chi connectivity index (χ3n) is 5.92.